The second kappa shape index (κ2) is 3.46. The smallest absolute Gasteiger partial charge is 0.0418 e. The van der Waals surface area contributed by atoms with Crippen molar-refractivity contribution in [2.24, 2.45) is 0 Å². The lowest BCUT2D eigenvalue weighted by Crippen LogP contribution is -2.04. The van der Waals surface area contributed by atoms with E-state index in [0.29, 0.717) is 0 Å². The summed E-state index contributed by atoms with van der Waals surface area (Å²) in [6.45, 7) is 1.21. The van der Waals surface area contributed by atoms with Crippen molar-refractivity contribution in [3.8, 4) is 0 Å². The van der Waals surface area contributed by atoms with Gasteiger partial charge in [-0.25, -0.2) is 0 Å². The van der Waals surface area contributed by atoms with Gasteiger partial charge in [0, 0.05) is 18.2 Å². The second-order valence-electron chi connectivity index (χ2n) is 1.05. The van der Waals surface area contributed by atoms with Crippen molar-refractivity contribution in [2.45, 2.75) is 0 Å². The monoisotopic (exact) mass is 106 g/mol. The van der Waals surface area contributed by atoms with E-state index in [9.17, 15) is 0 Å². The fraction of sp³-hybridized carbons (Fsp3) is 1.00. The van der Waals surface area contributed by atoms with Gasteiger partial charge in [0.15, 0.2) is 0 Å². The summed E-state index contributed by atoms with van der Waals surface area (Å²) in [7, 11) is 0. The molecule has 1 fully saturated rings. The topological polar surface area (TPSA) is 47.0 Å². The van der Waals surface area contributed by atoms with Gasteiger partial charge in [0.1, 0.15) is 0 Å². The first-order chi connectivity index (χ1) is 2.50. The summed E-state index contributed by atoms with van der Waals surface area (Å²) in [6.07, 6.45) is 0. The fourth-order valence-corrected chi connectivity index (χ4v) is 1.08. The highest BCUT2D eigenvalue weighted by atomic mass is 32.2. The summed E-state index contributed by atoms with van der Waals surface area (Å²) in [4.78, 5) is 0. The molecule has 0 aromatic rings. The first-order valence-corrected chi connectivity index (χ1v) is 2.94. The molecule has 1 aliphatic heterocycles. The van der Waals surface area contributed by atoms with E-state index in [-0.39, 0.29) is 6.15 Å². The van der Waals surface area contributed by atoms with Crippen LogP contribution in [0.25, 0.3) is 0 Å². The molecule has 0 amide bonds. The number of hydrogen-bond donors (Lipinski definition) is 2. The van der Waals surface area contributed by atoms with E-state index in [1.54, 1.807) is 0 Å². The highest BCUT2D eigenvalue weighted by Gasteiger charge is 1.93. The average Bonchev–Trinajstić information content (AvgIpc) is 1.76. The maximum absolute atomic E-state index is 3.19. The van der Waals surface area contributed by atoms with E-state index in [4.69, 9.17) is 0 Å². The van der Waals surface area contributed by atoms with Crippen LogP contribution in [0.1, 0.15) is 0 Å². The molecule has 0 spiro atoms. The Kier molecular flexibility index (Phi) is 3.62. The molecule has 0 unspecified atom stereocenters. The lowest BCUT2D eigenvalue weighted by Gasteiger charge is -1.74. The Morgan fingerprint density at radius 1 is 1.50 bits per heavy atom. The molecule has 1 aliphatic rings. The molecule has 3 heteroatoms. The normalized spacial score (nSPS) is 20.0. The van der Waals surface area contributed by atoms with E-state index in [0.717, 1.165) is 0 Å². The molecule has 38 valence electrons. The van der Waals surface area contributed by atoms with Crippen LogP contribution < -0.4 is 11.5 Å². The van der Waals surface area contributed by atoms with Crippen molar-refractivity contribution in [2.75, 3.05) is 18.2 Å². The standard InChI is InChI=1S/C3H7NS.H3N/c1-2-5-3-4-1;/h4H,1-3H2;1H3. The van der Waals surface area contributed by atoms with Gasteiger partial charge in [0.2, 0.25) is 0 Å². The van der Waals surface area contributed by atoms with E-state index >= 15 is 0 Å². The fourth-order valence-electron chi connectivity index (χ4n) is 0.361. The highest BCUT2D eigenvalue weighted by molar-refractivity contribution is 7.99. The molecule has 1 rings (SSSR count). The van der Waals surface area contributed by atoms with Crippen molar-refractivity contribution < 1.29 is 0 Å². The number of hydrogen-bond acceptors (Lipinski definition) is 3. The first-order valence-electron chi connectivity index (χ1n) is 1.78. The minimum atomic E-state index is 0. The molecule has 4 N–H and O–H groups in total. The summed E-state index contributed by atoms with van der Waals surface area (Å²) in [5, 5.41) is 3.19. The van der Waals surface area contributed by atoms with Gasteiger partial charge in [0.05, 0.1) is 0 Å². The maximum atomic E-state index is 3.19. The Bertz CT molecular complexity index is 20.4. The SMILES string of the molecule is C1CSCN1.N. The van der Waals surface area contributed by atoms with Crippen molar-refractivity contribution in [1.29, 1.82) is 0 Å². The highest BCUT2D eigenvalue weighted by Crippen LogP contribution is 1.99. The van der Waals surface area contributed by atoms with Crippen molar-refractivity contribution in [1.82, 2.24) is 11.5 Å². The zero-order chi connectivity index (χ0) is 3.54. The Balaban J connectivity index is 0.000000250. The number of nitrogens with one attached hydrogen (secondary N) is 1. The Labute approximate surface area is 42.3 Å². The van der Waals surface area contributed by atoms with Crippen molar-refractivity contribution in [3.05, 3.63) is 0 Å². The van der Waals surface area contributed by atoms with Crippen LogP contribution in [0.2, 0.25) is 0 Å². The van der Waals surface area contributed by atoms with Gasteiger partial charge in [-0.05, 0) is 0 Å². The first kappa shape index (κ1) is 6.27. The second-order valence-corrected chi connectivity index (χ2v) is 2.16. The molecular weight excluding hydrogens is 96.1 g/mol. The summed E-state index contributed by atoms with van der Waals surface area (Å²) in [6, 6.07) is 0. The minimum Gasteiger partial charge on any atom is -0.344 e. The summed E-state index contributed by atoms with van der Waals surface area (Å²) < 4.78 is 0. The van der Waals surface area contributed by atoms with Crippen LogP contribution in [0.15, 0.2) is 0 Å². The molecule has 0 saturated carbocycles. The van der Waals surface area contributed by atoms with Crippen LogP contribution >= 0.6 is 11.8 Å². The van der Waals surface area contributed by atoms with Gasteiger partial charge in [-0.2, -0.15) is 0 Å². The largest absolute Gasteiger partial charge is 0.344 e. The van der Waals surface area contributed by atoms with Crippen LogP contribution in [0.5, 0.6) is 0 Å². The van der Waals surface area contributed by atoms with Gasteiger partial charge < -0.3 is 11.5 Å². The van der Waals surface area contributed by atoms with Gasteiger partial charge >= 0.3 is 0 Å². The number of rotatable bonds is 0. The molecule has 0 radical (unpaired) electrons. The van der Waals surface area contributed by atoms with E-state index in [2.05, 4.69) is 5.32 Å². The van der Waals surface area contributed by atoms with Gasteiger partial charge in [-0.1, -0.05) is 0 Å². The Hall–Kier alpha value is 0.270. The zero-order valence-electron chi connectivity index (χ0n) is 3.74. The maximum Gasteiger partial charge on any atom is 0.0418 e. The lowest BCUT2D eigenvalue weighted by molar-refractivity contribution is 0.885. The molecule has 0 aliphatic carbocycles. The number of thioether (sulfide) groups is 1. The molecular formula is C3H10N2S. The molecule has 0 aromatic carbocycles. The van der Waals surface area contributed by atoms with Gasteiger partial charge in [-0.15, -0.1) is 11.8 Å². The molecule has 0 aromatic heterocycles. The minimum absolute atomic E-state index is 0. The molecule has 0 bridgehead atoms. The Morgan fingerprint density at radius 2 is 2.33 bits per heavy atom. The van der Waals surface area contributed by atoms with Crippen LogP contribution in [0, 0.1) is 0 Å². The van der Waals surface area contributed by atoms with E-state index in [1.807, 2.05) is 11.8 Å². The predicted octanol–water partition coefficient (Wildman–Crippen LogP) is 0.442. The van der Waals surface area contributed by atoms with E-state index in [1.165, 1.54) is 18.2 Å². The van der Waals surface area contributed by atoms with Gasteiger partial charge in [0.25, 0.3) is 0 Å². The molecule has 1 heterocycles. The van der Waals surface area contributed by atoms with Gasteiger partial charge in [-0.3, -0.25) is 0 Å². The van der Waals surface area contributed by atoms with E-state index < -0.39 is 0 Å². The van der Waals surface area contributed by atoms with Crippen LogP contribution in [0.4, 0.5) is 0 Å². The molecule has 2 nitrogen and oxygen atoms in total. The average molecular weight is 106 g/mol. The third kappa shape index (κ3) is 1.64. The Morgan fingerprint density at radius 3 is 2.50 bits per heavy atom. The third-order valence-electron chi connectivity index (χ3n) is 0.627. The molecule has 6 heavy (non-hydrogen) atoms. The summed E-state index contributed by atoms with van der Waals surface area (Å²) in [5.41, 5.74) is 0. The van der Waals surface area contributed by atoms with Crippen LogP contribution in [-0.2, 0) is 0 Å². The quantitative estimate of drug-likeness (QED) is 0.471. The summed E-state index contributed by atoms with van der Waals surface area (Å²) in [5.74, 6) is 2.47. The lowest BCUT2D eigenvalue weighted by atomic mass is 10.8. The van der Waals surface area contributed by atoms with Crippen molar-refractivity contribution >= 4 is 11.8 Å². The van der Waals surface area contributed by atoms with Crippen LogP contribution in [0.3, 0.4) is 0 Å². The zero-order valence-corrected chi connectivity index (χ0v) is 4.55. The van der Waals surface area contributed by atoms with Crippen LogP contribution in [-0.4, -0.2) is 18.2 Å². The van der Waals surface area contributed by atoms with Crippen molar-refractivity contribution in [3.63, 3.8) is 0 Å². The molecule has 0 atom stereocenters. The molecule has 1 saturated heterocycles. The predicted molar refractivity (Wildman–Crippen MR) is 30.3 cm³/mol. The summed E-state index contributed by atoms with van der Waals surface area (Å²) >= 11 is 1.96. The third-order valence-corrected chi connectivity index (χ3v) is 1.53.